The predicted octanol–water partition coefficient (Wildman–Crippen LogP) is 1.65. The lowest BCUT2D eigenvalue weighted by Crippen LogP contribution is -2.26. The molecule has 6 nitrogen and oxygen atoms in total. The summed E-state index contributed by atoms with van der Waals surface area (Å²) in [6.45, 7) is 0.140. The molecule has 1 aliphatic rings. The third-order valence-corrected chi connectivity index (χ3v) is 3.57. The van der Waals surface area contributed by atoms with Crippen LogP contribution in [-0.2, 0) is 9.59 Å². The molecule has 0 aliphatic carbocycles. The molecule has 2 aromatic rings. The zero-order chi connectivity index (χ0) is 13.6. The van der Waals surface area contributed by atoms with E-state index in [1.165, 1.54) is 4.90 Å². The first-order chi connectivity index (χ1) is 9.08. The Balaban J connectivity index is 2.04. The summed E-state index contributed by atoms with van der Waals surface area (Å²) in [7, 11) is 0. The van der Waals surface area contributed by atoms with Gasteiger partial charge >= 0.3 is 5.97 Å². The van der Waals surface area contributed by atoms with Crippen molar-refractivity contribution in [2.75, 3.05) is 11.4 Å². The standard InChI is InChI=1S/C12H10ClN3O3/c13-8-3-1-2-7-10(8)14-15-11(7)16-5-6(12(18)19)4-9(16)17/h1-3,6H,4-5H2,(H,14,15)(H,18,19). The maximum absolute atomic E-state index is 11.9. The molecule has 1 amide bonds. The van der Waals surface area contributed by atoms with E-state index < -0.39 is 11.9 Å². The van der Waals surface area contributed by atoms with E-state index in [1.54, 1.807) is 18.2 Å². The van der Waals surface area contributed by atoms with Crippen molar-refractivity contribution >= 4 is 40.2 Å². The minimum absolute atomic E-state index is 0.00422. The quantitative estimate of drug-likeness (QED) is 0.875. The maximum Gasteiger partial charge on any atom is 0.308 e. The summed E-state index contributed by atoms with van der Waals surface area (Å²) in [5, 5.41) is 17.1. The van der Waals surface area contributed by atoms with E-state index in [0.29, 0.717) is 21.7 Å². The number of amides is 1. The monoisotopic (exact) mass is 279 g/mol. The number of anilines is 1. The van der Waals surface area contributed by atoms with E-state index in [1.807, 2.05) is 0 Å². The number of aromatic nitrogens is 2. The van der Waals surface area contributed by atoms with E-state index >= 15 is 0 Å². The van der Waals surface area contributed by atoms with Gasteiger partial charge in [0.15, 0.2) is 5.82 Å². The van der Waals surface area contributed by atoms with Crippen LogP contribution < -0.4 is 4.90 Å². The van der Waals surface area contributed by atoms with Gasteiger partial charge < -0.3 is 5.11 Å². The number of benzene rings is 1. The number of nitrogens with zero attached hydrogens (tertiary/aromatic N) is 2. The number of nitrogens with one attached hydrogen (secondary N) is 1. The van der Waals surface area contributed by atoms with Gasteiger partial charge in [0.1, 0.15) is 0 Å². The molecule has 0 spiro atoms. The summed E-state index contributed by atoms with van der Waals surface area (Å²) in [5.74, 6) is -1.45. The van der Waals surface area contributed by atoms with Gasteiger partial charge in [-0.3, -0.25) is 19.6 Å². The fourth-order valence-electron chi connectivity index (χ4n) is 2.28. The Morgan fingerprint density at radius 2 is 2.32 bits per heavy atom. The summed E-state index contributed by atoms with van der Waals surface area (Å²) in [6, 6.07) is 5.28. The lowest BCUT2D eigenvalue weighted by Gasteiger charge is -2.12. The van der Waals surface area contributed by atoms with E-state index in [9.17, 15) is 9.59 Å². The van der Waals surface area contributed by atoms with Crippen molar-refractivity contribution in [2.45, 2.75) is 6.42 Å². The number of rotatable bonds is 2. The third kappa shape index (κ3) is 1.84. The van der Waals surface area contributed by atoms with Gasteiger partial charge in [0.2, 0.25) is 5.91 Å². The molecule has 7 heteroatoms. The van der Waals surface area contributed by atoms with Crippen molar-refractivity contribution < 1.29 is 14.7 Å². The Morgan fingerprint density at radius 1 is 1.53 bits per heavy atom. The molecule has 3 rings (SSSR count). The van der Waals surface area contributed by atoms with Crippen molar-refractivity contribution in [3.63, 3.8) is 0 Å². The zero-order valence-electron chi connectivity index (χ0n) is 9.76. The second kappa shape index (κ2) is 4.24. The highest BCUT2D eigenvalue weighted by Gasteiger charge is 2.36. The van der Waals surface area contributed by atoms with Crippen molar-refractivity contribution in [3.05, 3.63) is 23.2 Å². The van der Waals surface area contributed by atoms with Gasteiger partial charge in [-0.25, -0.2) is 0 Å². The second-order valence-corrected chi connectivity index (χ2v) is 4.86. The van der Waals surface area contributed by atoms with E-state index in [0.717, 1.165) is 0 Å². The zero-order valence-corrected chi connectivity index (χ0v) is 10.5. The van der Waals surface area contributed by atoms with Crippen LogP contribution >= 0.6 is 11.6 Å². The van der Waals surface area contributed by atoms with Crippen molar-refractivity contribution in [3.8, 4) is 0 Å². The number of carbonyl (C=O) groups excluding carboxylic acids is 1. The number of carboxylic acids is 1. The van der Waals surface area contributed by atoms with Crippen LogP contribution in [0.2, 0.25) is 5.02 Å². The molecule has 2 heterocycles. The van der Waals surface area contributed by atoms with Gasteiger partial charge in [0.05, 0.1) is 16.5 Å². The highest BCUT2D eigenvalue weighted by molar-refractivity contribution is 6.35. The molecular formula is C12H10ClN3O3. The molecular weight excluding hydrogens is 270 g/mol. The van der Waals surface area contributed by atoms with Crippen LogP contribution in [0.25, 0.3) is 10.9 Å². The minimum Gasteiger partial charge on any atom is -0.481 e. The van der Waals surface area contributed by atoms with Gasteiger partial charge in [-0.1, -0.05) is 17.7 Å². The van der Waals surface area contributed by atoms with Crippen LogP contribution in [-0.4, -0.2) is 33.7 Å². The largest absolute Gasteiger partial charge is 0.481 e. The average Bonchev–Trinajstić information content (AvgIpc) is 2.93. The molecule has 0 bridgehead atoms. The molecule has 1 saturated heterocycles. The van der Waals surface area contributed by atoms with Crippen molar-refractivity contribution in [2.24, 2.45) is 5.92 Å². The Hall–Kier alpha value is -2.08. The number of H-pyrrole nitrogens is 1. The fourth-order valence-corrected chi connectivity index (χ4v) is 2.49. The Bertz CT molecular complexity index is 682. The number of aromatic amines is 1. The van der Waals surface area contributed by atoms with Crippen LogP contribution in [0.1, 0.15) is 6.42 Å². The maximum atomic E-state index is 11.9. The number of hydrogen-bond donors (Lipinski definition) is 2. The van der Waals surface area contributed by atoms with Crippen molar-refractivity contribution in [1.82, 2.24) is 10.2 Å². The molecule has 2 N–H and O–H groups in total. The first-order valence-corrected chi connectivity index (χ1v) is 6.11. The molecule has 0 radical (unpaired) electrons. The summed E-state index contributed by atoms with van der Waals surface area (Å²) in [5.41, 5.74) is 0.644. The van der Waals surface area contributed by atoms with Gasteiger partial charge in [-0.2, -0.15) is 5.10 Å². The predicted molar refractivity (Wildman–Crippen MR) is 69.2 cm³/mol. The molecule has 1 aliphatic heterocycles. The third-order valence-electron chi connectivity index (χ3n) is 3.26. The lowest BCUT2D eigenvalue weighted by molar-refractivity contribution is -0.141. The van der Waals surface area contributed by atoms with Crippen LogP contribution in [0.5, 0.6) is 0 Å². The number of para-hydroxylation sites is 1. The van der Waals surface area contributed by atoms with Gasteiger partial charge in [-0.05, 0) is 12.1 Å². The number of fused-ring (bicyclic) bond motifs is 1. The number of aliphatic carboxylic acids is 1. The van der Waals surface area contributed by atoms with Gasteiger partial charge in [0, 0.05) is 18.4 Å². The number of hydrogen-bond acceptors (Lipinski definition) is 3. The van der Waals surface area contributed by atoms with E-state index in [2.05, 4.69) is 10.2 Å². The summed E-state index contributed by atoms with van der Waals surface area (Å²) in [4.78, 5) is 24.2. The van der Waals surface area contributed by atoms with Crippen LogP contribution in [0, 0.1) is 5.92 Å². The normalized spacial score (nSPS) is 19.3. The summed E-state index contributed by atoms with van der Waals surface area (Å²) < 4.78 is 0. The summed E-state index contributed by atoms with van der Waals surface area (Å²) in [6.07, 6.45) is 0.00422. The first-order valence-electron chi connectivity index (χ1n) is 5.73. The molecule has 1 aromatic heterocycles. The topological polar surface area (TPSA) is 86.3 Å². The molecule has 1 unspecified atom stereocenters. The van der Waals surface area contributed by atoms with Gasteiger partial charge in [-0.15, -0.1) is 0 Å². The van der Waals surface area contributed by atoms with Crippen LogP contribution in [0.15, 0.2) is 18.2 Å². The molecule has 0 saturated carbocycles. The number of halogens is 1. The minimum atomic E-state index is -0.964. The highest BCUT2D eigenvalue weighted by Crippen LogP contribution is 2.32. The van der Waals surface area contributed by atoms with Crippen LogP contribution in [0.4, 0.5) is 5.82 Å². The second-order valence-electron chi connectivity index (χ2n) is 4.45. The Labute approximate surface area is 113 Å². The first kappa shape index (κ1) is 12.0. The number of carbonyl (C=O) groups is 2. The lowest BCUT2D eigenvalue weighted by atomic mass is 10.1. The number of carboxylic acid groups (broad SMARTS) is 1. The molecule has 1 aromatic carbocycles. The average molecular weight is 280 g/mol. The SMILES string of the molecule is O=C(O)C1CC(=O)N(c2n[nH]c3c(Cl)cccc23)C1. The molecule has 98 valence electrons. The van der Waals surface area contributed by atoms with Gasteiger partial charge in [0.25, 0.3) is 0 Å². The Morgan fingerprint density at radius 3 is 3.00 bits per heavy atom. The fraction of sp³-hybridized carbons (Fsp3) is 0.250. The highest BCUT2D eigenvalue weighted by atomic mass is 35.5. The van der Waals surface area contributed by atoms with Crippen LogP contribution in [0.3, 0.4) is 0 Å². The van der Waals surface area contributed by atoms with E-state index in [-0.39, 0.29) is 18.9 Å². The van der Waals surface area contributed by atoms with Crippen molar-refractivity contribution in [1.29, 1.82) is 0 Å². The van der Waals surface area contributed by atoms with E-state index in [4.69, 9.17) is 16.7 Å². The summed E-state index contributed by atoms with van der Waals surface area (Å²) >= 11 is 6.02. The smallest absolute Gasteiger partial charge is 0.308 e. The molecule has 1 fully saturated rings. The molecule has 19 heavy (non-hydrogen) atoms. The Kier molecular flexibility index (Phi) is 2.67. The molecule has 1 atom stereocenters.